The first-order valence-corrected chi connectivity index (χ1v) is 14.0. The quantitative estimate of drug-likeness (QED) is 0.531. The summed E-state index contributed by atoms with van der Waals surface area (Å²) in [7, 11) is -7.06. The van der Waals surface area contributed by atoms with Crippen LogP contribution in [-0.4, -0.2) is 56.1 Å². The third-order valence-corrected chi connectivity index (χ3v) is 9.82. The van der Waals surface area contributed by atoms with Crippen LogP contribution in [-0.2, 0) is 34.6 Å². The minimum Gasteiger partial charge on any atom is -0.478 e. The first kappa shape index (κ1) is 30.6. The molecule has 0 atom stereocenters. The molecule has 2 fully saturated rings. The van der Waals surface area contributed by atoms with Crippen LogP contribution in [0.3, 0.4) is 0 Å². The number of rotatable bonds is 5. The average molecular weight is 582 g/mol. The Balaban J connectivity index is 1.86. The van der Waals surface area contributed by atoms with E-state index in [2.05, 4.69) is 0 Å². The molecule has 0 aromatic heterocycles. The van der Waals surface area contributed by atoms with Crippen LogP contribution in [0.4, 0.5) is 13.2 Å². The van der Waals surface area contributed by atoms with E-state index >= 15 is 0 Å². The number of carbonyl (C=O) groups is 1. The molecular formula is C26H31B2F3O8S. The number of carboxylic acids is 1. The number of benzene rings is 2. The van der Waals surface area contributed by atoms with Crippen LogP contribution < -0.4 is 10.9 Å². The maximum absolute atomic E-state index is 13.9. The largest absolute Gasteiger partial charge is 0.494 e. The third-order valence-electron chi connectivity index (χ3n) is 8.10. The fourth-order valence-electron chi connectivity index (χ4n) is 4.21. The van der Waals surface area contributed by atoms with Gasteiger partial charge in [0.1, 0.15) is 0 Å². The highest BCUT2D eigenvalue weighted by molar-refractivity contribution is 7.91. The Bertz CT molecular complexity index is 1440. The second-order valence-electron chi connectivity index (χ2n) is 12.1. The van der Waals surface area contributed by atoms with E-state index < -0.39 is 79.5 Å². The van der Waals surface area contributed by atoms with Gasteiger partial charge >= 0.3 is 26.4 Å². The van der Waals surface area contributed by atoms with Crippen LogP contribution >= 0.6 is 0 Å². The molecule has 2 saturated heterocycles. The minimum absolute atomic E-state index is 0.0929. The SMILES string of the molecule is CC1(C)OB(c2cc(C(=O)O)cc(S(=O)(=O)c3cc(B4OC(C)(C)C(C)(C)O4)cc(C(F)(F)F)c3)c2)OC1(C)C. The molecule has 2 aliphatic rings. The molecule has 0 radical (unpaired) electrons. The molecule has 8 nitrogen and oxygen atoms in total. The predicted molar refractivity (Wildman–Crippen MR) is 142 cm³/mol. The van der Waals surface area contributed by atoms with E-state index in [-0.39, 0.29) is 10.9 Å². The zero-order valence-corrected chi connectivity index (χ0v) is 24.3. The number of hydrogen-bond donors (Lipinski definition) is 1. The molecule has 2 heterocycles. The van der Waals surface area contributed by atoms with E-state index in [1.165, 1.54) is 6.07 Å². The molecule has 2 aliphatic heterocycles. The summed E-state index contributed by atoms with van der Waals surface area (Å²) >= 11 is 0. The number of sulfone groups is 1. The van der Waals surface area contributed by atoms with Crippen molar-refractivity contribution in [2.75, 3.05) is 0 Å². The number of alkyl halides is 3. The summed E-state index contributed by atoms with van der Waals surface area (Å²) in [5.41, 5.74) is -5.08. The van der Waals surface area contributed by atoms with Crippen LogP contribution in [0.1, 0.15) is 71.3 Å². The number of hydrogen-bond acceptors (Lipinski definition) is 7. The van der Waals surface area contributed by atoms with E-state index in [0.29, 0.717) is 6.07 Å². The highest BCUT2D eigenvalue weighted by Gasteiger charge is 2.53. The third kappa shape index (κ3) is 5.32. The second-order valence-corrected chi connectivity index (χ2v) is 14.0. The fourth-order valence-corrected chi connectivity index (χ4v) is 5.63. The lowest BCUT2D eigenvalue weighted by Crippen LogP contribution is -2.41. The standard InChI is InChI=1S/C26H31B2F3O8S/c1-22(2)23(3,4)37-27(36-22)17-9-15(21(32)33)10-19(13-17)40(34,35)20-12-16(26(29,30)31)11-18(14-20)28-38-24(5,6)25(7,8)39-28/h9-14H,1-8H3,(H,32,33). The minimum atomic E-state index is -4.89. The van der Waals surface area contributed by atoms with Gasteiger partial charge in [-0.15, -0.1) is 0 Å². The maximum Gasteiger partial charge on any atom is 0.494 e. The molecule has 0 saturated carbocycles. The Morgan fingerprint density at radius 2 is 1.07 bits per heavy atom. The van der Waals surface area contributed by atoms with Crippen LogP contribution in [0.5, 0.6) is 0 Å². The lowest BCUT2D eigenvalue weighted by atomic mass is 9.78. The summed E-state index contributed by atoms with van der Waals surface area (Å²) in [6.45, 7) is 13.9. The topological polar surface area (TPSA) is 108 Å². The lowest BCUT2D eigenvalue weighted by molar-refractivity contribution is -0.137. The summed E-state index contributed by atoms with van der Waals surface area (Å²) in [5, 5.41) is 9.70. The van der Waals surface area contributed by atoms with Crippen LogP contribution in [0.15, 0.2) is 46.2 Å². The number of carboxylic acid groups (broad SMARTS) is 1. The van der Waals surface area contributed by atoms with Gasteiger partial charge in [0, 0.05) is 0 Å². The van der Waals surface area contributed by atoms with Crippen molar-refractivity contribution in [1.29, 1.82) is 0 Å². The molecule has 0 aliphatic carbocycles. The van der Waals surface area contributed by atoms with E-state index in [0.717, 1.165) is 24.3 Å². The van der Waals surface area contributed by atoms with Crippen molar-refractivity contribution < 1.29 is 50.1 Å². The monoisotopic (exact) mass is 582 g/mol. The van der Waals surface area contributed by atoms with Crippen molar-refractivity contribution in [3.8, 4) is 0 Å². The Kier molecular flexibility index (Phi) is 7.12. The summed E-state index contributed by atoms with van der Waals surface area (Å²) in [4.78, 5) is 10.7. The second kappa shape index (κ2) is 9.32. The predicted octanol–water partition coefficient (Wildman–Crippen LogP) is 3.83. The van der Waals surface area contributed by atoms with Gasteiger partial charge in [0.05, 0.1) is 43.3 Å². The molecule has 216 valence electrons. The highest BCUT2D eigenvalue weighted by atomic mass is 32.2. The summed E-state index contributed by atoms with van der Waals surface area (Å²) in [6.07, 6.45) is -4.89. The summed E-state index contributed by atoms with van der Waals surface area (Å²) < 4.78 is 93.1. The first-order chi connectivity index (χ1) is 18.0. The van der Waals surface area contributed by atoms with Crippen LogP contribution in [0.25, 0.3) is 0 Å². The van der Waals surface area contributed by atoms with Crippen molar-refractivity contribution in [1.82, 2.24) is 0 Å². The Labute approximate surface area is 232 Å². The first-order valence-electron chi connectivity index (χ1n) is 12.5. The average Bonchev–Trinajstić information content (AvgIpc) is 3.17. The molecule has 0 unspecified atom stereocenters. The lowest BCUT2D eigenvalue weighted by Gasteiger charge is -2.32. The van der Waals surface area contributed by atoms with Crippen molar-refractivity contribution in [2.45, 2.75) is 93.8 Å². The zero-order chi connectivity index (χ0) is 30.3. The van der Waals surface area contributed by atoms with E-state index in [1.807, 2.05) is 0 Å². The van der Waals surface area contributed by atoms with Gasteiger partial charge in [-0.1, -0.05) is 6.07 Å². The van der Waals surface area contributed by atoms with Gasteiger partial charge in [-0.25, -0.2) is 13.2 Å². The molecule has 0 bridgehead atoms. The fraction of sp³-hybridized carbons (Fsp3) is 0.500. The van der Waals surface area contributed by atoms with Gasteiger partial charge in [0.15, 0.2) is 0 Å². The molecule has 0 amide bonds. The molecule has 2 aromatic carbocycles. The van der Waals surface area contributed by atoms with Gasteiger partial charge in [-0.2, -0.15) is 13.2 Å². The van der Waals surface area contributed by atoms with Gasteiger partial charge in [-0.3, -0.25) is 0 Å². The van der Waals surface area contributed by atoms with E-state index in [4.69, 9.17) is 18.6 Å². The number of halogens is 3. The Morgan fingerprint density at radius 3 is 1.45 bits per heavy atom. The van der Waals surface area contributed by atoms with Gasteiger partial charge in [0.25, 0.3) is 0 Å². The molecule has 0 spiro atoms. The van der Waals surface area contributed by atoms with E-state index in [1.54, 1.807) is 55.4 Å². The highest BCUT2D eigenvalue weighted by Crippen LogP contribution is 2.39. The summed E-state index contributed by atoms with van der Waals surface area (Å²) in [5.74, 6) is -1.43. The van der Waals surface area contributed by atoms with Crippen molar-refractivity contribution >= 4 is 41.0 Å². The molecule has 1 N–H and O–H groups in total. The molecule has 40 heavy (non-hydrogen) atoms. The van der Waals surface area contributed by atoms with Crippen molar-refractivity contribution in [3.63, 3.8) is 0 Å². The number of aromatic carboxylic acids is 1. The molecule has 4 rings (SSSR count). The smallest absolute Gasteiger partial charge is 0.478 e. The summed E-state index contributed by atoms with van der Waals surface area (Å²) in [6, 6.07) is 5.59. The van der Waals surface area contributed by atoms with Crippen LogP contribution in [0.2, 0.25) is 0 Å². The van der Waals surface area contributed by atoms with Crippen molar-refractivity contribution in [2.24, 2.45) is 0 Å². The van der Waals surface area contributed by atoms with Crippen molar-refractivity contribution in [3.05, 3.63) is 47.5 Å². The molecule has 2 aromatic rings. The molecular weight excluding hydrogens is 551 g/mol. The Morgan fingerprint density at radius 1 is 0.700 bits per heavy atom. The molecule has 14 heteroatoms. The Hall–Kier alpha value is -2.38. The maximum atomic E-state index is 13.9. The normalized spacial score (nSPS) is 21.6. The zero-order valence-electron chi connectivity index (χ0n) is 23.5. The van der Waals surface area contributed by atoms with Crippen LogP contribution in [0, 0.1) is 0 Å². The van der Waals surface area contributed by atoms with Gasteiger partial charge in [-0.05, 0) is 96.6 Å². The van der Waals surface area contributed by atoms with E-state index in [9.17, 15) is 31.5 Å². The van der Waals surface area contributed by atoms with Gasteiger partial charge < -0.3 is 23.7 Å². The van der Waals surface area contributed by atoms with Gasteiger partial charge in [0.2, 0.25) is 9.84 Å².